The molecule has 0 bridgehead atoms. The van der Waals surface area contributed by atoms with Crippen LogP contribution in [0.1, 0.15) is 73.3 Å². The number of H-pyrrole nitrogens is 1. The maximum Gasteiger partial charge on any atom is 0.422 e. The van der Waals surface area contributed by atoms with E-state index in [4.69, 9.17) is 14.2 Å². The molecular weight excluding hydrogens is 635 g/mol. The number of fused-ring (bicyclic) bond motifs is 1. The molecule has 1 aliphatic rings. The van der Waals surface area contributed by atoms with Gasteiger partial charge in [0, 0.05) is 11.9 Å². The lowest BCUT2D eigenvalue weighted by Crippen LogP contribution is -2.57. The predicted molar refractivity (Wildman–Crippen MR) is 168 cm³/mol. The fourth-order valence-corrected chi connectivity index (χ4v) is 5.74. The highest BCUT2D eigenvalue weighted by Gasteiger charge is 2.67. The number of halogens is 3. The molecule has 3 atom stereocenters. The number of pyridine rings is 1. The molecule has 15 heteroatoms. The van der Waals surface area contributed by atoms with Crippen LogP contribution in [0.4, 0.5) is 24.7 Å². The van der Waals surface area contributed by atoms with E-state index in [1.165, 1.54) is 36.9 Å². The quantitative estimate of drug-likeness (QED) is 0.252. The van der Waals surface area contributed by atoms with Gasteiger partial charge in [-0.3, -0.25) is 14.3 Å². The topological polar surface area (TPSA) is 169 Å². The van der Waals surface area contributed by atoms with E-state index in [1.54, 1.807) is 26.8 Å². The zero-order chi connectivity index (χ0) is 35.9. The van der Waals surface area contributed by atoms with E-state index in [-0.39, 0.29) is 42.8 Å². The van der Waals surface area contributed by atoms with Gasteiger partial charge >= 0.3 is 18.1 Å². The van der Waals surface area contributed by atoms with Crippen molar-refractivity contribution in [3.8, 4) is 6.07 Å². The monoisotopic (exact) mass is 675 g/mol. The number of hydrogen-bond donors (Lipinski definition) is 3. The number of hydrogen-bond acceptors (Lipinski definition) is 10. The Morgan fingerprint density at radius 1 is 1.19 bits per heavy atom. The van der Waals surface area contributed by atoms with Crippen LogP contribution in [0.5, 0.6) is 0 Å². The molecule has 3 N–H and O–H groups in total. The number of nitrogens with one attached hydrogen (secondary N) is 2. The molecule has 4 rings (SSSR count). The van der Waals surface area contributed by atoms with Crippen LogP contribution >= 0.6 is 0 Å². The molecule has 0 unspecified atom stereocenters. The standard InChI is InChI=1S/C33H40F3N5O7/c1-19(2)47-28(44)30(6,7)32(45,33(34,35)36)20-8-10-21(11-9-20)39-25-24-22(13-17-38-26(24)42)41(40-25)31(15-16-37)14-12-23(46-18-31)27(43)48-29(3,4)5/h8-11,13,17,19,23,45H,12,14-15,18H2,1-7H3,(H,38,42)(H,39,40)/t23-,31-,32-/m0/s1. The van der Waals surface area contributed by atoms with Crippen LogP contribution in [0.15, 0.2) is 41.3 Å². The van der Waals surface area contributed by atoms with Gasteiger partial charge in [-0.25, -0.2) is 4.79 Å². The molecular formula is C33H40F3N5O7. The van der Waals surface area contributed by atoms with Gasteiger partial charge in [0.15, 0.2) is 11.9 Å². The highest BCUT2D eigenvalue weighted by atomic mass is 19.4. The summed E-state index contributed by atoms with van der Waals surface area (Å²) in [6, 6.07) is 8.28. The Bertz CT molecular complexity index is 1760. The number of esters is 2. The summed E-state index contributed by atoms with van der Waals surface area (Å²) in [7, 11) is 0. The summed E-state index contributed by atoms with van der Waals surface area (Å²) in [6.07, 6.45) is -4.98. The van der Waals surface area contributed by atoms with Crippen LogP contribution in [0.2, 0.25) is 0 Å². The summed E-state index contributed by atoms with van der Waals surface area (Å²) in [5.41, 5.74) is -8.39. The number of aromatic amines is 1. The first-order valence-electron chi connectivity index (χ1n) is 15.4. The number of alkyl halides is 3. The minimum Gasteiger partial charge on any atom is -0.462 e. The lowest BCUT2D eigenvalue weighted by molar-refractivity contribution is -0.304. The van der Waals surface area contributed by atoms with Crippen molar-refractivity contribution >= 4 is 34.3 Å². The number of carbonyl (C=O) groups excluding carboxylic acids is 2. The van der Waals surface area contributed by atoms with Crippen LogP contribution in [-0.2, 0) is 34.9 Å². The van der Waals surface area contributed by atoms with Gasteiger partial charge in [-0.15, -0.1) is 0 Å². The molecule has 0 saturated carbocycles. The van der Waals surface area contributed by atoms with Crippen molar-refractivity contribution in [1.29, 1.82) is 5.26 Å². The fourth-order valence-electron chi connectivity index (χ4n) is 5.74. The second-order valence-electron chi connectivity index (χ2n) is 13.7. The third-order valence-electron chi connectivity index (χ3n) is 8.29. The number of rotatable bonds is 9. The van der Waals surface area contributed by atoms with Gasteiger partial charge in [0.2, 0.25) is 5.60 Å². The highest BCUT2D eigenvalue weighted by molar-refractivity contribution is 5.91. The molecule has 48 heavy (non-hydrogen) atoms. The second-order valence-corrected chi connectivity index (χ2v) is 13.7. The Hall–Kier alpha value is -4.42. The van der Waals surface area contributed by atoms with Gasteiger partial charge < -0.3 is 29.6 Å². The van der Waals surface area contributed by atoms with Crippen LogP contribution in [0.25, 0.3) is 10.9 Å². The average molecular weight is 676 g/mol. The summed E-state index contributed by atoms with van der Waals surface area (Å²) in [5, 5.41) is 28.6. The Kier molecular flexibility index (Phi) is 9.78. The largest absolute Gasteiger partial charge is 0.462 e. The Balaban J connectivity index is 1.70. The molecule has 2 aromatic heterocycles. The molecule has 3 heterocycles. The molecule has 0 spiro atoms. The first-order chi connectivity index (χ1) is 22.2. The fraction of sp³-hybridized carbons (Fsp3) is 0.545. The number of aromatic nitrogens is 3. The molecule has 0 amide bonds. The number of ether oxygens (including phenoxy) is 3. The highest BCUT2D eigenvalue weighted by Crippen LogP contribution is 2.52. The van der Waals surface area contributed by atoms with E-state index in [0.717, 1.165) is 26.0 Å². The number of benzene rings is 1. The van der Waals surface area contributed by atoms with Gasteiger partial charge in [0.05, 0.1) is 36.3 Å². The van der Waals surface area contributed by atoms with Crippen molar-refractivity contribution in [3.05, 3.63) is 52.4 Å². The Labute approximate surface area is 275 Å². The molecule has 1 fully saturated rings. The maximum absolute atomic E-state index is 14.5. The summed E-state index contributed by atoms with van der Waals surface area (Å²) < 4.78 is 61.4. The summed E-state index contributed by atoms with van der Waals surface area (Å²) >= 11 is 0. The molecule has 3 aromatic rings. The Morgan fingerprint density at radius 3 is 2.35 bits per heavy atom. The van der Waals surface area contributed by atoms with Crippen molar-refractivity contribution in [2.45, 2.75) is 103 Å². The molecule has 1 aromatic carbocycles. The van der Waals surface area contributed by atoms with E-state index < -0.39 is 63.6 Å². The van der Waals surface area contributed by atoms with Gasteiger partial charge in [0.1, 0.15) is 16.4 Å². The summed E-state index contributed by atoms with van der Waals surface area (Å²) in [4.78, 5) is 41.0. The number of carbonyl (C=O) groups is 2. The van der Waals surface area contributed by atoms with Crippen molar-refractivity contribution in [3.63, 3.8) is 0 Å². The van der Waals surface area contributed by atoms with Crippen LogP contribution in [0.3, 0.4) is 0 Å². The van der Waals surface area contributed by atoms with Crippen molar-refractivity contribution in [1.82, 2.24) is 14.8 Å². The molecule has 0 radical (unpaired) electrons. The first kappa shape index (κ1) is 36.4. The average Bonchev–Trinajstić information content (AvgIpc) is 3.35. The lowest BCUT2D eigenvalue weighted by Gasteiger charge is -2.42. The minimum absolute atomic E-state index is 0.0399. The van der Waals surface area contributed by atoms with E-state index in [9.17, 15) is 37.9 Å². The van der Waals surface area contributed by atoms with Crippen LogP contribution in [-0.4, -0.2) is 62.4 Å². The van der Waals surface area contributed by atoms with E-state index in [0.29, 0.717) is 5.52 Å². The van der Waals surface area contributed by atoms with E-state index in [2.05, 4.69) is 21.5 Å². The summed E-state index contributed by atoms with van der Waals surface area (Å²) in [5.74, 6) is -1.72. The SMILES string of the molecule is CC(C)OC(=O)C(C)(C)[C@@](O)(c1ccc(Nc2nn([C@]3(CC#N)CC[C@@H](C(=O)OC(C)(C)C)OC3)c3cc[nH]c(=O)c23)cc1)C(F)(F)F. The van der Waals surface area contributed by atoms with E-state index in [1.807, 2.05) is 0 Å². The molecule has 12 nitrogen and oxygen atoms in total. The van der Waals surface area contributed by atoms with Gasteiger partial charge in [-0.1, -0.05) is 12.1 Å². The minimum atomic E-state index is -5.26. The van der Waals surface area contributed by atoms with Gasteiger partial charge in [-0.2, -0.15) is 23.5 Å². The molecule has 1 aliphatic heterocycles. The zero-order valence-electron chi connectivity index (χ0n) is 27.8. The first-order valence-corrected chi connectivity index (χ1v) is 15.4. The second kappa shape index (κ2) is 12.9. The van der Waals surface area contributed by atoms with Gasteiger partial charge in [0.25, 0.3) is 5.56 Å². The van der Waals surface area contributed by atoms with Crippen molar-refractivity contribution < 1.29 is 42.1 Å². The van der Waals surface area contributed by atoms with Crippen molar-refractivity contribution in [2.24, 2.45) is 5.41 Å². The van der Waals surface area contributed by atoms with Crippen LogP contribution in [0, 0.1) is 16.7 Å². The zero-order valence-corrected chi connectivity index (χ0v) is 27.8. The molecule has 0 aliphatic carbocycles. The predicted octanol–water partition coefficient (Wildman–Crippen LogP) is 5.33. The normalized spacial score (nSPS) is 20.2. The third-order valence-corrected chi connectivity index (χ3v) is 8.29. The smallest absolute Gasteiger partial charge is 0.422 e. The van der Waals surface area contributed by atoms with E-state index >= 15 is 0 Å². The number of aliphatic hydroxyl groups is 1. The molecule has 260 valence electrons. The lowest BCUT2D eigenvalue weighted by atomic mass is 9.70. The Morgan fingerprint density at radius 2 is 1.83 bits per heavy atom. The third kappa shape index (κ3) is 6.77. The van der Waals surface area contributed by atoms with Crippen LogP contribution < -0.4 is 10.9 Å². The summed E-state index contributed by atoms with van der Waals surface area (Å²) in [6.45, 7) is 10.0. The van der Waals surface area contributed by atoms with Crippen molar-refractivity contribution in [2.75, 3.05) is 11.9 Å². The number of nitriles is 1. The van der Waals surface area contributed by atoms with Gasteiger partial charge in [-0.05, 0) is 85.1 Å². The molecule has 1 saturated heterocycles. The maximum atomic E-state index is 14.5. The number of anilines is 2. The number of nitrogens with zero attached hydrogens (tertiary/aromatic N) is 3.